The Bertz CT molecular complexity index is 211. The molecule has 0 heterocycles. The van der Waals surface area contributed by atoms with E-state index in [1.54, 1.807) is 4.90 Å². The minimum Gasteiger partial charge on any atom is -0.345 e. The van der Waals surface area contributed by atoms with Crippen molar-refractivity contribution in [2.75, 3.05) is 32.9 Å². The lowest BCUT2D eigenvalue weighted by molar-refractivity contribution is -0.128. The first-order valence-electron chi connectivity index (χ1n) is 5.63. The van der Waals surface area contributed by atoms with E-state index in [0.717, 1.165) is 13.1 Å². The number of rotatable bonds is 6. The fraction of sp³-hybridized carbons (Fsp3) is 0.909. The molecule has 1 amide bonds. The van der Waals surface area contributed by atoms with Crippen LogP contribution < -0.4 is 5.32 Å². The van der Waals surface area contributed by atoms with Gasteiger partial charge in [-0.2, -0.15) is 11.8 Å². The average molecular weight is 230 g/mol. The topological polar surface area (TPSA) is 32.3 Å². The normalized spacial score (nSPS) is 18.3. The van der Waals surface area contributed by atoms with E-state index in [1.807, 2.05) is 25.7 Å². The number of nitrogens with one attached hydrogen (secondary N) is 1. The molecule has 4 heteroatoms. The van der Waals surface area contributed by atoms with Crippen LogP contribution in [0.15, 0.2) is 0 Å². The van der Waals surface area contributed by atoms with Gasteiger partial charge >= 0.3 is 0 Å². The van der Waals surface area contributed by atoms with Crippen LogP contribution in [0.1, 0.15) is 26.2 Å². The zero-order chi connectivity index (χ0) is 11.3. The molecule has 0 aromatic rings. The number of thioether (sulfide) groups is 1. The molecule has 1 saturated carbocycles. The van der Waals surface area contributed by atoms with Gasteiger partial charge in [-0.05, 0) is 26.0 Å². The SMILES string of the molecule is CCN(C)C(=O)CNCC1(SC)CCC1. The molecular formula is C11H22N2OS. The van der Waals surface area contributed by atoms with Crippen molar-refractivity contribution < 1.29 is 4.79 Å². The van der Waals surface area contributed by atoms with E-state index in [4.69, 9.17) is 0 Å². The van der Waals surface area contributed by atoms with Crippen LogP contribution in [0.3, 0.4) is 0 Å². The molecule has 0 unspecified atom stereocenters. The maximum absolute atomic E-state index is 11.5. The van der Waals surface area contributed by atoms with E-state index in [9.17, 15) is 4.79 Å². The second kappa shape index (κ2) is 5.75. The molecule has 0 aliphatic heterocycles. The minimum atomic E-state index is 0.188. The monoisotopic (exact) mass is 230 g/mol. The summed E-state index contributed by atoms with van der Waals surface area (Å²) in [5.41, 5.74) is 0. The van der Waals surface area contributed by atoms with E-state index in [0.29, 0.717) is 11.3 Å². The summed E-state index contributed by atoms with van der Waals surface area (Å²) in [5, 5.41) is 3.28. The summed E-state index contributed by atoms with van der Waals surface area (Å²) in [6.07, 6.45) is 6.09. The number of hydrogen-bond acceptors (Lipinski definition) is 3. The maximum Gasteiger partial charge on any atom is 0.236 e. The van der Waals surface area contributed by atoms with Crippen molar-refractivity contribution in [2.45, 2.75) is 30.9 Å². The Morgan fingerprint density at radius 1 is 1.53 bits per heavy atom. The summed E-state index contributed by atoms with van der Waals surface area (Å²) in [5.74, 6) is 0.188. The van der Waals surface area contributed by atoms with Gasteiger partial charge in [0.15, 0.2) is 0 Å². The summed E-state index contributed by atoms with van der Waals surface area (Å²) in [4.78, 5) is 13.3. The maximum atomic E-state index is 11.5. The molecule has 0 aromatic carbocycles. The Hall–Kier alpha value is -0.220. The summed E-state index contributed by atoms with van der Waals surface area (Å²) in [6, 6.07) is 0. The Morgan fingerprint density at radius 2 is 2.20 bits per heavy atom. The Morgan fingerprint density at radius 3 is 2.60 bits per heavy atom. The highest BCUT2D eigenvalue weighted by molar-refractivity contribution is 8.00. The molecule has 0 bridgehead atoms. The molecule has 1 fully saturated rings. The molecule has 1 aliphatic carbocycles. The van der Waals surface area contributed by atoms with Crippen LogP contribution in [-0.4, -0.2) is 48.5 Å². The van der Waals surface area contributed by atoms with Crippen molar-refractivity contribution in [1.82, 2.24) is 10.2 Å². The Labute approximate surface area is 97.0 Å². The second-order valence-electron chi connectivity index (χ2n) is 4.25. The largest absolute Gasteiger partial charge is 0.345 e. The van der Waals surface area contributed by atoms with Crippen molar-refractivity contribution in [1.29, 1.82) is 0 Å². The summed E-state index contributed by atoms with van der Waals surface area (Å²) < 4.78 is 0.422. The third kappa shape index (κ3) is 3.38. The average Bonchev–Trinajstić information content (AvgIpc) is 2.20. The van der Waals surface area contributed by atoms with Crippen molar-refractivity contribution in [3.63, 3.8) is 0 Å². The fourth-order valence-corrected chi connectivity index (χ4v) is 2.68. The lowest BCUT2D eigenvalue weighted by Gasteiger charge is -2.40. The predicted octanol–water partition coefficient (Wildman–Crippen LogP) is 1.34. The van der Waals surface area contributed by atoms with Gasteiger partial charge in [-0.15, -0.1) is 0 Å². The standard InChI is InChI=1S/C11H22N2OS/c1-4-13(2)10(14)8-12-9-11(15-3)6-5-7-11/h12H,4-9H2,1-3H3. The van der Waals surface area contributed by atoms with Crippen molar-refractivity contribution in [2.24, 2.45) is 0 Å². The van der Waals surface area contributed by atoms with Gasteiger partial charge in [0.2, 0.25) is 5.91 Å². The van der Waals surface area contributed by atoms with Crippen LogP contribution in [0.25, 0.3) is 0 Å². The molecule has 3 nitrogen and oxygen atoms in total. The summed E-state index contributed by atoms with van der Waals surface area (Å²) in [6.45, 7) is 4.23. The molecule has 1 N–H and O–H groups in total. The van der Waals surface area contributed by atoms with Gasteiger partial charge in [0, 0.05) is 24.9 Å². The van der Waals surface area contributed by atoms with E-state index in [-0.39, 0.29) is 5.91 Å². The van der Waals surface area contributed by atoms with Crippen LogP contribution in [-0.2, 0) is 4.79 Å². The summed E-state index contributed by atoms with van der Waals surface area (Å²) in [7, 11) is 1.84. The molecule has 15 heavy (non-hydrogen) atoms. The molecule has 1 rings (SSSR count). The number of nitrogens with zero attached hydrogens (tertiary/aromatic N) is 1. The van der Waals surface area contributed by atoms with Gasteiger partial charge in [-0.1, -0.05) is 6.42 Å². The van der Waals surface area contributed by atoms with Gasteiger partial charge in [-0.25, -0.2) is 0 Å². The van der Waals surface area contributed by atoms with Crippen molar-refractivity contribution in [3.05, 3.63) is 0 Å². The van der Waals surface area contributed by atoms with E-state index in [2.05, 4.69) is 11.6 Å². The first-order chi connectivity index (χ1) is 7.13. The number of carbonyl (C=O) groups excluding carboxylic acids is 1. The van der Waals surface area contributed by atoms with Gasteiger partial charge in [-0.3, -0.25) is 4.79 Å². The van der Waals surface area contributed by atoms with Crippen molar-refractivity contribution >= 4 is 17.7 Å². The van der Waals surface area contributed by atoms with Crippen LogP contribution in [0.4, 0.5) is 0 Å². The van der Waals surface area contributed by atoms with Crippen molar-refractivity contribution in [3.8, 4) is 0 Å². The Kier molecular flexibility index (Phi) is 4.93. The van der Waals surface area contributed by atoms with Crippen LogP contribution in [0.5, 0.6) is 0 Å². The second-order valence-corrected chi connectivity index (χ2v) is 5.53. The zero-order valence-electron chi connectivity index (χ0n) is 10.0. The first kappa shape index (κ1) is 12.8. The van der Waals surface area contributed by atoms with Gasteiger partial charge in [0.1, 0.15) is 0 Å². The van der Waals surface area contributed by atoms with Gasteiger partial charge in [0.25, 0.3) is 0 Å². The lowest BCUT2D eigenvalue weighted by atomic mass is 9.84. The Balaban J connectivity index is 2.18. The van der Waals surface area contributed by atoms with E-state index < -0.39 is 0 Å². The molecule has 0 atom stereocenters. The third-order valence-electron chi connectivity index (χ3n) is 3.32. The quantitative estimate of drug-likeness (QED) is 0.747. The predicted molar refractivity (Wildman–Crippen MR) is 66.3 cm³/mol. The number of carbonyl (C=O) groups is 1. The molecular weight excluding hydrogens is 208 g/mol. The number of amides is 1. The molecule has 88 valence electrons. The smallest absolute Gasteiger partial charge is 0.236 e. The van der Waals surface area contributed by atoms with Crippen LogP contribution >= 0.6 is 11.8 Å². The molecule has 1 aliphatic rings. The molecule has 0 spiro atoms. The van der Waals surface area contributed by atoms with Crippen LogP contribution in [0.2, 0.25) is 0 Å². The lowest BCUT2D eigenvalue weighted by Crippen LogP contribution is -2.46. The number of hydrogen-bond donors (Lipinski definition) is 1. The van der Waals surface area contributed by atoms with Crippen LogP contribution in [0, 0.1) is 0 Å². The number of likely N-dealkylation sites (N-methyl/N-ethyl adjacent to an activating group) is 1. The van der Waals surface area contributed by atoms with Gasteiger partial charge < -0.3 is 10.2 Å². The fourth-order valence-electron chi connectivity index (χ4n) is 1.73. The highest BCUT2D eigenvalue weighted by Gasteiger charge is 2.35. The highest BCUT2D eigenvalue weighted by Crippen LogP contribution is 2.41. The molecule has 0 aromatic heterocycles. The van der Waals surface area contributed by atoms with Gasteiger partial charge in [0.05, 0.1) is 6.54 Å². The highest BCUT2D eigenvalue weighted by atomic mass is 32.2. The molecule has 0 saturated heterocycles. The zero-order valence-corrected chi connectivity index (χ0v) is 10.8. The molecule has 0 radical (unpaired) electrons. The third-order valence-corrected chi connectivity index (χ3v) is 4.74. The summed E-state index contributed by atoms with van der Waals surface area (Å²) >= 11 is 1.94. The van der Waals surface area contributed by atoms with E-state index in [1.165, 1.54) is 19.3 Å². The minimum absolute atomic E-state index is 0.188. The first-order valence-corrected chi connectivity index (χ1v) is 6.86. The van der Waals surface area contributed by atoms with E-state index >= 15 is 0 Å².